The van der Waals surface area contributed by atoms with Gasteiger partial charge in [0, 0.05) is 12.5 Å². The summed E-state index contributed by atoms with van der Waals surface area (Å²) in [6.07, 6.45) is 2.56. The molecule has 7 heteroatoms. The van der Waals surface area contributed by atoms with Crippen molar-refractivity contribution in [3.8, 4) is 11.1 Å². The van der Waals surface area contributed by atoms with E-state index in [2.05, 4.69) is 22.8 Å². The average Bonchev–Trinajstić information content (AvgIpc) is 3.56. The number of hydrogen-bond acceptors (Lipinski definition) is 4. The van der Waals surface area contributed by atoms with Gasteiger partial charge in [-0.2, -0.15) is 0 Å². The number of carbonyl (C=O) groups is 3. The fourth-order valence-electron chi connectivity index (χ4n) is 4.36. The summed E-state index contributed by atoms with van der Waals surface area (Å²) >= 11 is 0. The largest absolute Gasteiger partial charge is 0.481 e. The van der Waals surface area contributed by atoms with Crippen LogP contribution in [-0.4, -0.2) is 42.3 Å². The van der Waals surface area contributed by atoms with E-state index >= 15 is 0 Å². The molecule has 1 atom stereocenters. The highest BCUT2D eigenvalue weighted by Gasteiger charge is 2.50. The molecule has 0 bridgehead atoms. The smallest absolute Gasteiger partial charge is 0.407 e. The highest BCUT2D eigenvalue weighted by Crippen LogP contribution is 2.45. The molecule has 1 saturated carbocycles. The SMILES string of the molecule is CC(C)=CCC(NC(=O)OCC1c2ccccc2-c2ccccc21)C(=O)NCC1(C(=O)O)CC1. The Kier molecular flexibility index (Phi) is 6.72. The molecule has 2 aliphatic carbocycles. The minimum Gasteiger partial charge on any atom is -0.481 e. The number of rotatable bonds is 9. The van der Waals surface area contributed by atoms with Gasteiger partial charge in [-0.3, -0.25) is 9.59 Å². The Balaban J connectivity index is 1.39. The van der Waals surface area contributed by atoms with Gasteiger partial charge in [0.25, 0.3) is 0 Å². The van der Waals surface area contributed by atoms with E-state index in [9.17, 15) is 19.5 Å². The number of aliphatic carboxylic acids is 1. The van der Waals surface area contributed by atoms with Crippen LogP contribution in [0, 0.1) is 5.41 Å². The molecule has 4 rings (SSSR count). The van der Waals surface area contributed by atoms with Crippen LogP contribution >= 0.6 is 0 Å². The van der Waals surface area contributed by atoms with E-state index in [0.29, 0.717) is 19.3 Å². The Bertz CT molecular complexity index is 1090. The third-order valence-corrected chi connectivity index (χ3v) is 6.62. The lowest BCUT2D eigenvalue weighted by atomic mass is 9.98. The first-order chi connectivity index (χ1) is 16.3. The fourth-order valence-corrected chi connectivity index (χ4v) is 4.36. The van der Waals surface area contributed by atoms with Gasteiger partial charge < -0.3 is 20.5 Å². The van der Waals surface area contributed by atoms with E-state index in [1.807, 2.05) is 56.3 Å². The number of carboxylic acid groups (broad SMARTS) is 1. The van der Waals surface area contributed by atoms with E-state index in [4.69, 9.17) is 4.74 Å². The van der Waals surface area contributed by atoms with Gasteiger partial charge in [0.2, 0.25) is 5.91 Å². The molecule has 0 saturated heterocycles. The monoisotopic (exact) mass is 462 g/mol. The number of amides is 2. The Morgan fingerprint density at radius 3 is 2.18 bits per heavy atom. The highest BCUT2D eigenvalue weighted by atomic mass is 16.5. The predicted octanol–water partition coefficient (Wildman–Crippen LogP) is 4.23. The van der Waals surface area contributed by atoms with Crippen LogP contribution < -0.4 is 10.6 Å². The van der Waals surface area contributed by atoms with Crippen LogP contribution in [0.15, 0.2) is 60.2 Å². The first-order valence-corrected chi connectivity index (χ1v) is 11.6. The standard InChI is InChI=1S/C27H30N2O5/c1-17(2)11-12-23(24(30)28-16-27(13-14-27)25(31)32)29-26(33)34-15-22-20-9-5-3-7-18(20)19-8-4-6-10-21(19)22/h3-11,22-23H,12-16H2,1-2H3,(H,28,30)(H,29,33)(H,31,32). The van der Waals surface area contributed by atoms with Gasteiger partial charge in [-0.25, -0.2) is 4.79 Å². The molecular formula is C27H30N2O5. The minimum absolute atomic E-state index is 0.0544. The molecule has 2 aromatic rings. The third kappa shape index (κ3) is 4.98. The maximum Gasteiger partial charge on any atom is 0.407 e. The van der Waals surface area contributed by atoms with Crippen molar-refractivity contribution in [3.05, 3.63) is 71.3 Å². The summed E-state index contributed by atoms with van der Waals surface area (Å²) in [5.74, 6) is -1.40. The van der Waals surface area contributed by atoms with E-state index in [-0.39, 0.29) is 19.1 Å². The first-order valence-electron chi connectivity index (χ1n) is 11.6. The van der Waals surface area contributed by atoms with Crippen molar-refractivity contribution in [2.24, 2.45) is 5.41 Å². The second-order valence-corrected chi connectivity index (χ2v) is 9.34. The van der Waals surface area contributed by atoms with Gasteiger partial charge in [-0.15, -0.1) is 0 Å². The van der Waals surface area contributed by atoms with E-state index in [0.717, 1.165) is 27.8 Å². The normalized spacial score (nSPS) is 15.9. The molecule has 0 aromatic heterocycles. The second-order valence-electron chi connectivity index (χ2n) is 9.34. The summed E-state index contributed by atoms with van der Waals surface area (Å²) in [6.45, 7) is 4.02. The molecule has 178 valence electrons. The molecule has 0 heterocycles. The zero-order chi connectivity index (χ0) is 24.3. The highest BCUT2D eigenvalue weighted by molar-refractivity contribution is 5.87. The quantitative estimate of drug-likeness (QED) is 0.484. The molecule has 0 aliphatic heterocycles. The van der Waals surface area contributed by atoms with Gasteiger partial charge in [-0.05, 0) is 55.4 Å². The lowest BCUT2D eigenvalue weighted by molar-refractivity contribution is -0.143. The van der Waals surface area contributed by atoms with Crippen molar-refractivity contribution in [3.63, 3.8) is 0 Å². The van der Waals surface area contributed by atoms with E-state index in [1.54, 1.807) is 0 Å². The van der Waals surface area contributed by atoms with Crippen molar-refractivity contribution < 1.29 is 24.2 Å². The number of alkyl carbamates (subject to hydrolysis) is 1. The number of ether oxygens (including phenoxy) is 1. The molecular weight excluding hydrogens is 432 g/mol. The Labute approximate surface area is 199 Å². The summed E-state index contributed by atoms with van der Waals surface area (Å²) < 4.78 is 5.58. The van der Waals surface area contributed by atoms with Crippen LogP contribution in [0.5, 0.6) is 0 Å². The maximum absolute atomic E-state index is 12.8. The summed E-state index contributed by atoms with van der Waals surface area (Å²) in [4.78, 5) is 36.8. The molecule has 34 heavy (non-hydrogen) atoms. The Morgan fingerprint density at radius 1 is 1.06 bits per heavy atom. The average molecular weight is 463 g/mol. The number of fused-ring (bicyclic) bond motifs is 3. The van der Waals surface area contributed by atoms with Crippen LogP contribution in [0.2, 0.25) is 0 Å². The number of carboxylic acids is 1. The van der Waals surface area contributed by atoms with Gasteiger partial charge in [0.1, 0.15) is 12.6 Å². The molecule has 2 aromatic carbocycles. The van der Waals surface area contributed by atoms with E-state index < -0.39 is 29.4 Å². The van der Waals surface area contributed by atoms with E-state index in [1.165, 1.54) is 0 Å². The molecule has 1 fully saturated rings. The van der Waals surface area contributed by atoms with Crippen molar-refractivity contribution >= 4 is 18.0 Å². The fraction of sp³-hybridized carbons (Fsp3) is 0.370. The van der Waals surface area contributed by atoms with Gasteiger partial charge in [-0.1, -0.05) is 60.2 Å². The Morgan fingerprint density at radius 2 is 1.65 bits per heavy atom. The molecule has 0 spiro atoms. The summed E-state index contributed by atoms with van der Waals surface area (Å²) in [6, 6.07) is 15.3. The predicted molar refractivity (Wildman–Crippen MR) is 128 cm³/mol. The zero-order valence-corrected chi connectivity index (χ0v) is 19.5. The summed E-state index contributed by atoms with van der Waals surface area (Å²) in [5.41, 5.74) is 4.63. The molecule has 7 nitrogen and oxygen atoms in total. The first kappa shape index (κ1) is 23.5. The van der Waals surface area contributed by atoms with Crippen molar-refractivity contribution in [2.75, 3.05) is 13.2 Å². The molecule has 2 amide bonds. The van der Waals surface area contributed by atoms with Gasteiger partial charge in [0.15, 0.2) is 0 Å². The number of carbonyl (C=O) groups excluding carboxylic acids is 2. The second kappa shape index (κ2) is 9.71. The van der Waals surface area contributed by atoms with Gasteiger partial charge >= 0.3 is 12.1 Å². The number of hydrogen-bond donors (Lipinski definition) is 3. The van der Waals surface area contributed by atoms with Crippen molar-refractivity contribution in [2.45, 2.75) is 45.1 Å². The van der Waals surface area contributed by atoms with Crippen LogP contribution in [0.25, 0.3) is 11.1 Å². The van der Waals surface area contributed by atoms with Crippen LogP contribution in [0.3, 0.4) is 0 Å². The number of nitrogens with one attached hydrogen (secondary N) is 2. The lowest BCUT2D eigenvalue weighted by Gasteiger charge is -2.20. The van der Waals surface area contributed by atoms with Crippen LogP contribution in [0.4, 0.5) is 4.79 Å². The van der Waals surface area contributed by atoms with Crippen LogP contribution in [-0.2, 0) is 14.3 Å². The van der Waals surface area contributed by atoms with Crippen molar-refractivity contribution in [1.82, 2.24) is 10.6 Å². The minimum atomic E-state index is -0.904. The lowest BCUT2D eigenvalue weighted by Crippen LogP contribution is -2.48. The zero-order valence-electron chi connectivity index (χ0n) is 19.5. The molecule has 1 unspecified atom stereocenters. The Hall–Kier alpha value is -3.61. The topological polar surface area (TPSA) is 105 Å². The number of allylic oxidation sites excluding steroid dienone is 1. The van der Waals surface area contributed by atoms with Gasteiger partial charge in [0.05, 0.1) is 5.41 Å². The summed E-state index contributed by atoms with van der Waals surface area (Å²) in [7, 11) is 0. The summed E-state index contributed by atoms with van der Waals surface area (Å²) in [5, 5.41) is 14.7. The number of benzene rings is 2. The van der Waals surface area contributed by atoms with Crippen LogP contribution in [0.1, 0.15) is 50.2 Å². The molecule has 0 radical (unpaired) electrons. The molecule has 3 N–H and O–H groups in total. The maximum atomic E-state index is 12.8. The van der Waals surface area contributed by atoms with Crippen molar-refractivity contribution in [1.29, 1.82) is 0 Å². The molecule has 2 aliphatic rings. The third-order valence-electron chi connectivity index (χ3n) is 6.62.